The van der Waals surface area contributed by atoms with Crippen molar-refractivity contribution in [2.45, 2.75) is 4.90 Å². The summed E-state index contributed by atoms with van der Waals surface area (Å²) in [5.41, 5.74) is 0. The number of benzene rings is 1. The lowest BCUT2D eigenvalue weighted by Gasteiger charge is -2.11. The number of hydrogen-bond acceptors (Lipinski definition) is 2. The van der Waals surface area contributed by atoms with Crippen molar-refractivity contribution in [3.05, 3.63) is 30.1 Å². The molecule has 0 atom stereocenters. The van der Waals surface area contributed by atoms with Gasteiger partial charge in [0.2, 0.25) is 10.0 Å². The fourth-order valence-electron chi connectivity index (χ4n) is 0.851. The molecule has 0 aromatic heterocycles. The Bertz CT molecular complexity index is 400. The summed E-state index contributed by atoms with van der Waals surface area (Å²) >= 11 is 0. The van der Waals surface area contributed by atoms with Gasteiger partial charge < -0.3 is 0 Å². The van der Waals surface area contributed by atoms with Crippen LogP contribution in [0.5, 0.6) is 0 Å². The highest BCUT2D eigenvalue weighted by molar-refractivity contribution is 7.89. The first kappa shape index (κ1) is 10.1. The van der Waals surface area contributed by atoms with E-state index in [1.807, 2.05) is 0 Å². The molecule has 3 nitrogen and oxygen atoms in total. The van der Waals surface area contributed by atoms with Crippen LogP contribution in [0.3, 0.4) is 0 Å². The van der Waals surface area contributed by atoms with Crippen LogP contribution in [0.2, 0.25) is 0 Å². The Balaban J connectivity index is 3.32. The van der Waals surface area contributed by atoms with Crippen LogP contribution in [-0.2, 0) is 10.0 Å². The molecule has 0 fully saturated rings. The van der Waals surface area contributed by atoms with Crippen molar-refractivity contribution in [2.24, 2.45) is 0 Å². The van der Waals surface area contributed by atoms with Crippen molar-refractivity contribution in [1.82, 2.24) is 4.31 Å². The Morgan fingerprint density at radius 1 is 1.23 bits per heavy atom. The largest absolute Gasteiger partial charge is 0.245 e. The normalized spacial score (nSPS) is 12.0. The standard InChI is InChI=1S/C8H10FNO2S/c1-10(2)13(11,12)8-6-4-3-5-7(8)9/h3-6H,1-2H3. The first-order chi connectivity index (χ1) is 5.96. The third kappa shape index (κ3) is 1.87. The number of rotatable bonds is 2. The molecule has 0 heterocycles. The van der Waals surface area contributed by atoms with E-state index in [4.69, 9.17) is 0 Å². The molecule has 13 heavy (non-hydrogen) atoms. The second-order valence-electron chi connectivity index (χ2n) is 2.72. The van der Waals surface area contributed by atoms with Gasteiger partial charge >= 0.3 is 0 Å². The minimum Gasteiger partial charge on any atom is -0.207 e. The highest BCUT2D eigenvalue weighted by atomic mass is 32.2. The molecule has 0 bridgehead atoms. The molecule has 1 aromatic carbocycles. The molecule has 0 spiro atoms. The summed E-state index contributed by atoms with van der Waals surface area (Å²) in [5, 5.41) is 0. The smallest absolute Gasteiger partial charge is 0.207 e. The summed E-state index contributed by atoms with van der Waals surface area (Å²) in [4.78, 5) is -0.292. The van der Waals surface area contributed by atoms with Crippen LogP contribution in [0, 0.1) is 5.82 Å². The zero-order valence-electron chi connectivity index (χ0n) is 7.36. The Labute approximate surface area is 76.8 Å². The molecule has 0 radical (unpaired) electrons. The Morgan fingerprint density at radius 3 is 2.23 bits per heavy atom. The van der Waals surface area contributed by atoms with Gasteiger partial charge in [0, 0.05) is 14.1 Å². The zero-order valence-corrected chi connectivity index (χ0v) is 8.18. The third-order valence-electron chi connectivity index (χ3n) is 1.60. The van der Waals surface area contributed by atoms with Gasteiger partial charge in [0.05, 0.1) is 0 Å². The SMILES string of the molecule is CN(C)S(=O)(=O)c1ccccc1F. The van der Waals surface area contributed by atoms with Crippen LogP contribution in [-0.4, -0.2) is 26.8 Å². The highest BCUT2D eigenvalue weighted by Gasteiger charge is 2.20. The highest BCUT2D eigenvalue weighted by Crippen LogP contribution is 2.15. The molecule has 0 aliphatic rings. The van der Waals surface area contributed by atoms with Crippen molar-refractivity contribution in [2.75, 3.05) is 14.1 Å². The summed E-state index contributed by atoms with van der Waals surface area (Å²) in [6.07, 6.45) is 0. The lowest BCUT2D eigenvalue weighted by molar-refractivity contribution is 0.508. The summed E-state index contributed by atoms with van der Waals surface area (Å²) < 4.78 is 36.9. The van der Waals surface area contributed by atoms with E-state index >= 15 is 0 Å². The van der Waals surface area contributed by atoms with Crippen LogP contribution >= 0.6 is 0 Å². The number of nitrogens with zero attached hydrogens (tertiary/aromatic N) is 1. The van der Waals surface area contributed by atoms with E-state index in [0.717, 1.165) is 10.4 Å². The third-order valence-corrected chi connectivity index (χ3v) is 3.44. The molecule has 1 aromatic rings. The number of hydrogen-bond donors (Lipinski definition) is 0. The van der Waals surface area contributed by atoms with Gasteiger partial charge in [-0.05, 0) is 12.1 Å². The number of sulfonamides is 1. The van der Waals surface area contributed by atoms with Crippen LogP contribution in [0.1, 0.15) is 0 Å². The molecule has 72 valence electrons. The van der Waals surface area contributed by atoms with Crippen LogP contribution < -0.4 is 0 Å². The maximum Gasteiger partial charge on any atom is 0.245 e. The zero-order chi connectivity index (χ0) is 10.1. The van der Waals surface area contributed by atoms with Gasteiger partial charge in [-0.2, -0.15) is 0 Å². The van der Waals surface area contributed by atoms with Gasteiger partial charge in [0.15, 0.2) is 0 Å². The van der Waals surface area contributed by atoms with E-state index in [-0.39, 0.29) is 4.90 Å². The lowest BCUT2D eigenvalue weighted by atomic mass is 10.4. The summed E-state index contributed by atoms with van der Waals surface area (Å²) in [6.45, 7) is 0. The summed E-state index contributed by atoms with van der Waals surface area (Å²) in [6, 6.07) is 5.30. The predicted octanol–water partition coefficient (Wildman–Crippen LogP) is 1.08. The lowest BCUT2D eigenvalue weighted by Crippen LogP contribution is -2.23. The minimum atomic E-state index is -3.65. The molecular formula is C8H10FNO2S. The van der Waals surface area contributed by atoms with Crippen molar-refractivity contribution in [3.63, 3.8) is 0 Å². The summed E-state index contributed by atoms with van der Waals surface area (Å²) in [5.74, 6) is -0.726. The quantitative estimate of drug-likeness (QED) is 0.721. The summed E-state index contributed by atoms with van der Waals surface area (Å²) in [7, 11) is -0.923. The van der Waals surface area contributed by atoms with Gasteiger partial charge in [-0.1, -0.05) is 12.1 Å². The van der Waals surface area contributed by atoms with Gasteiger partial charge in [0.1, 0.15) is 10.7 Å². The average Bonchev–Trinajstić information content (AvgIpc) is 2.04. The monoisotopic (exact) mass is 203 g/mol. The van der Waals surface area contributed by atoms with Crippen molar-refractivity contribution in [3.8, 4) is 0 Å². The predicted molar refractivity (Wildman–Crippen MR) is 47.3 cm³/mol. The van der Waals surface area contributed by atoms with Crippen LogP contribution in [0.25, 0.3) is 0 Å². The molecule has 0 unspecified atom stereocenters. The van der Waals surface area contributed by atoms with E-state index in [0.29, 0.717) is 0 Å². The Hall–Kier alpha value is -0.940. The molecule has 0 aliphatic heterocycles. The van der Waals surface area contributed by atoms with Crippen LogP contribution in [0.4, 0.5) is 4.39 Å². The Morgan fingerprint density at radius 2 is 1.77 bits per heavy atom. The van der Waals surface area contributed by atoms with E-state index < -0.39 is 15.8 Å². The fourth-order valence-corrected chi connectivity index (χ4v) is 1.81. The Kier molecular flexibility index (Phi) is 2.68. The van der Waals surface area contributed by atoms with Gasteiger partial charge in [-0.15, -0.1) is 0 Å². The van der Waals surface area contributed by atoms with Gasteiger partial charge in [0.25, 0.3) is 0 Å². The number of halogens is 1. The molecule has 0 amide bonds. The maximum atomic E-state index is 13.0. The van der Waals surface area contributed by atoms with E-state index in [1.54, 1.807) is 0 Å². The van der Waals surface area contributed by atoms with Crippen molar-refractivity contribution in [1.29, 1.82) is 0 Å². The molecule has 0 aliphatic carbocycles. The fraction of sp³-hybridized carbons (Fsp3) is 0.250. The first-order valence-electron chi connectivity index (χ1n) is 3.63. The minimum absolute atomic E-state index is 0.292. The molecule has 1 rings (SSSR count). The van der Waals surface area contributed by atoms with E-state index in [1.165, 1.54) is 32.3 Å². The second-order valence-corrected chi connectivity index (χ2v) is 4.84. The molecular weight excluding hydrogens is 193 g/mol. The average molecular weight is 203 g/mol. The first-order valence-corrected chi connectivity index (χ1v) is 5.07. The topological polar surface area (TPSA) is 37.4 Å². The van der Waals surface area contributed by atoms with E-state index in [9.17, 15) is 12.8 Å². The van der Waals surface area contributed by atoms with Gasteiger partial charge in [-0.3, -0.25) is 0 Å². The van der Waals surface area contributed by atoms with Crippen molar-refractivity contribution < 1.29 is 12.8 Å². The van der Waals surface area contributed by atoms with E-state index in [2.05, 4.69) is 0 Å². The molecule has 5 heteroatoms. The van der Waals surface area contributed by atoms with Gasteiger partial charge in [-0.25, -0.2) is 17.1 Å². The molecule has 0 N–H and O–H groups in total. The second kappa shape index (κ2) is 3.43. The molecule has 0 saturated carbocycles. The molecule has 0 saturated heterocycles. The van der Waals surface area contributed by atoms with Crippen molar-refractivity contribution >= 4 is 10.0 Å². The maximum absolute atomic E-state index is 13.0. The van der Waals surface area contributed by atoms with Crippen LogP contribution in [0.15, 0.2) is 29.2 Å².